The summed E-state index contributed by atoms with van der Waals surface area (Å²) in [6.07, 6.45) is 0.925. The van der Waals surface area contributed by atoms with E-state index in [0.29, 0.717) is 17.0 Å². The number of ether oxygens (including phenoxy) is 2. The third-order valence-corrected chi connectivity index (χ3v) is 4.18. The average Bonchev–Trinajstić information content (AvgIpc) is 2.72. The summed E-state index contributed by atoms with van der Waals surface area (Å²) in [5.41, 5.74) is 1.77. The van der Waals surface area contributed by atoms with Crippen molar-refractivity contribution in [3.63, 3.8) is 0 Å². The monoisotopic (exact) mass is 394 g/mol. The van der Waals surface area contributed by atoms with Crippen LogP contribution in [0.25, 0.3) is 6.08 Å². The molecule has 1 atom stereocenters. The van der Waals surface area contributed by atoms with Gasteiger partial charge in [0.15, 0.2) is 17.6 Å². The zero-order valence-corrected chi connectivity index (χ0v) is 16.4. The van der Waals surface area contributed by atoms with Crippen LogP contribution in [0, 0.1) is 11.3 Å². The second-order valence-electron chi connectivity index (χ2n) is 6.11. The Kier molecular flexibility index (Phi) is 7.38. The Balaban J connectivity index is 2.40. The van der Waals surface area contributed by atoms with Crippen molar-refractivity contribution < 1.29 is 24.2 Å². The third-order valence-electron chi connectivity index (χ3n) is 4.18. The Morgan fingerprint density at radius 1 is 1.24 bits per heavy atom. The number of carboxylic acid groups (broad SMARTS) is 1. The van der Waals surface area contributed by atoms with E-state index in [1.807, 2.05) is 25.1 Å². The molecule has 7 heteroatoms. The van der Waals surface area contributed by atoms with Crippen molar-refractivity contribution in [3.05, 3.63) is 59.2 Å². The Labute approximate surface area is 169 Å². The highest BCUT2D eigenvalue weighted by atomic mass is 16.5. The summed E-state index contributed by atoms with van der Waals surface area (Å²) in [7, 11) is 1.42. The van der Waals surface area contributed by atoms with Crippen LogP contribution in [0.3, 0.4) is 0 Å². The van der Waals surface area contributed by atoms with Crippen LogP contribution in [0.15, 0.2) is 48.0 Å². The van der Waals surface area contributed by atoms with Crippen LogP contribution in [0.1, 0.15) is 25.0 Å². The summed E-state index contributed by atoms with van der Waals surface area (Å²) < 4.78 is 10.7. The molecule has 7 nitrogen and oxygen atoms in total. The molecule has 0 aliphatic carbocycles. The molecule has 29 heavy (non-hydrogen) atoms. The van der Waals surface area contributed by atoms with Gasteiger partial charge in [-0.15, -0.1) is 0 Å². The van der Waals surface area contributed by atoms with Gasteiger partial charge in [0.1, 0.15) is 11.6 Å². The minimum atomic E-state index is -1.15. The standard InChI is InChI=1S/C22H22N2O5/c1-4-15-8-5-6-10-18(15)24-21(25)17(13-23)12-16-9-7-11-19(28-3)20(16)29-14(2)22(26)27/h5-12,14H,4H2,1-3H3,(H,24,25)(H,26,27)/b17-12-/t14-/m0/s1. The quantitative estimate of drug-likeness (QED) is 0.522. The fraction of sp³-hybridized carbons (Fsp3) is 0.227. The van der Waals surface area contributed by atoms with Gasteiger partial charge in [-0.3, -0.25) is 4.79 Å². The molecule has 150 valence electrons. The van der Waals surface area contributed by atoms with Gasteiger partial charge in [0.2, 0.25) is 0 Å². The number of hydrogen-bond acceptors (Lipinski definition) is 5. The average molecular weight is 394 g/mol. The molecule has 0 spiro atoms. The van der Waals surface area contributed by atoms with Crippen LogP contribution in [0.4, 0.5) is 5.69 Å². The number of carbonyl (C=O) groups is 2. The molecular formula is C22H22N2O5. The molecule has 1 amide bonds. The molecule has 0 heterocycles. The maximum absolute atomic E-state index is 12.6. The number of aryl methyl sites for hydroxylation is 1. The molecule has 0 bridgehead atoms. The van der Waals surface area contributed by atoms with Crippen LogP contribution in [0.5, 0.6) is 11.5 Å². The summed E-state index contributed by atoms with van der Waals surface area (Å²) in [6, 6.07) is 14.1. The number of amides is 1. The molecule has 2 rings (SSSR count). The summed E-state index contributed by atoms with van der Waals surface area (Å²) >= 11 is 0. The third kappa shape index (κ3) is 5.36. The minimum Gasteiger partial charge on any atom is -0.493 e. The minimum absolute atomic E-state index is 0.138. The van der Waals surface area contributed by atoms with E-state index in [9.17, 15) is 14.9 Å². The SMILES string of the molecule is CCc1ccccc1NC(=O)/C(C#N)=C\c1cccc(OC)c1O[C@@H](C)C(=O)O. The predicted molar refractivity (Wildman–Crippen MR) is 109 cm³/mol. The van der Waals surface area contributed by atoms with Crippen molar-refractivity contribution >= 4 is 23.6 Å². The number of carbonyl (C=O) groups excluding carboxylic acids is 1. The Hall–Kier alpha value is -3.79. The van der Waals surface area contributed by atoms with Gasteiger partial charge in [-0.2, -0.15) is 5.26 Å². The van der Waals surface area contributed by atoms with Crippen molar-refractivity contribution in [1.29, 1.82) is 5.26 Å². The number of hydrogen-bond donors (Lipinski definition) is 2. The van der Waals surface area contributed by atoms with E-state index in [1.54, 1.807) is 30.3 Å². The highest BCUT2D eigenvalue weighted by Gasteiger charge is 2.19. The van der Waals surface area contributed by atoms with Crippen LogP contribution in [-0.4, -0.2) is 30.2 Å². The van der Waals surface area contributed by atoms with E-state index in [1.165, 1.54) is 20.1 Å². The van der Waals surface area contributed by atoms with Crippen molar-refractivity contribution in [2.24, 2.45) is 0 Å². The van der Waals surface area contributed by atoms with E-state index in [2.05, 4.69) is 5.32 Å². The number of rotatable bonds is 8. The van der Waals surface area contributed by atoms with E-state index >= 15 is 0 Å². The molecule has 0 aliphatic rings. The number of nitrogens with one attached hydrogen (secondary N) is 1. The predicted octanol–water partition coefficient (Wildman–Crippen LogP) is 3.66. The van der Waals surface area contributed by atoms with Crippen molar-refractivity contribution in [1.82, 2.24) is 0 Å². The number of anilines is 1. The number of carboxylic acids is 1. The van der Waals surface area contributed by atoms with Crippen LogP contribution < -0.4 is 14.8 Å². The van der Waals surface area contributed by atoms with Crippen molar-refractivity contribution in [2.45, 2.75) is 26.4 Å². The van der Waals surface area contributed by atoms with E-state index < -0.39 is 18.0 Å². The highest BCUT2D eigenvalue weighted by Crippen LogP contribution is 2.33. The van der Waals surface area contributed by atoms with Gasteiger partial charge in [-0.25, -0.2) is 4.79 Å². The molecule has 0 saturated carbocycles. The molecule has 0 radical (unpaired) electrons. The number of benzene rings is 2. The molecule has 2 N–H and O–H groups in total. The van der Waals surface area contributed by atoms with Gasteiger partial charge < -0.3 is 19.9 Å². The summed E-state index contributed by atoms with van der Waals surface area (Å²) in [5.74, 6) is -1.30. The lowest BCUT2D eigenvalue weighted by Gasteiger charge is -2.16. The van der Waals surface area contributed by atoms with E-state index in [4.69, 9.17) is 14.6 Å². The first-order valence-electron chi connectivity index (χ1n) is 8.98. The number of para-hydroxylation sites is 2. The highest BCUT2D eigenvalue weighted by molar-refractivity contribution is 6.10. The number of aliphatic carboxylic acids is 1. The zero-order chi connectivity index (χ0) is 21.4. The topological polar surface area (TPSA) is 109 Å². The smallest absolute Gasteiger partial charge is 0.344 e. The maximum Gasteiger partial charge on any atom is 0.344 e. The molecule has 0 unspecified atom stereocenters. The summed E-state index contributed by atoms with van der Waals surface area (Å²) in [5, 5.41) is 21.4. The first kappa shape index (κ1) is 21.5. The summed E-state index contributed by atoms with van der Waals surface area (Å²) in [4.78, 5) is 23.8. The van der Waals surface area contributed by atoms with Gasteiger partial charge in [-0.1, -0.05) is 37.3 Å². The van der Waals surface area contributed by atoms with Crippen LogP contribution in [-0.2, 0) is 16.0 Å². The molecule has 0 aromatic heterocycles. The lowest BCUT2D eigenvalue weighted by atomic mass is 10.1. The molecule has 0 fully saturated rings. The Bertz CT molecular complexity index is 975. The van der Waals surface area contributed by atoms with Crippen LogP contribution in [0.2, 0.25) is 0 Å². The Morgan fingerprint density at radius 3 is 2.59 bits per heavy atom. The Morgan fingerprint density at radius 2 is 1.97 bits per heavy atom. The van der Waals surface area contributed by atoms with Crippen molar-refractivity contribution in [2.75, 3.05) is 12.4 Å². The fourth-order valence-corrected chi connectivity index (χ4v) is 2.60. The molecule has 2 aromatic carbocycles. The second kappa shape index (κ2) is 9.95. The first-order valence-corrected chi connectivity index (χ1v) is 8.98. The largest absolute Gasteiger partial charge is 0.493 e. The fourth-order valence-electron chi connectivity index (χ4n) is 2.60. The van der Waals surface area contributed by atoms with Crippen molar-refractivity contribution in [3.8, 4) is 17.6 Å². The maximum atomic E-state index is 12.6. The van der Waals surface area contributed by atoms with Gasteiger partial charge in [0.25, 0.3) is 5.91 Å². The first-order chi connectivity index (χ1) is 13.9. The molecular weight excluding hydrogens is 372 g/mol. The van der Waals surface area contributed by atoms with Crippen LogP contribution >= 0.6 is 0 Å². The molecule has 2 aromatic rings. The molecule has 0 saturated heterocycles. The number of nitrogens with zero attached hydrogens (tertiary/aromatic N) is 1. The van der Waals surface area contributed by atoms with E-state index in [0.717, 1.165) is 12.0 Å². The normalized spacial score (nSPS) is 11.9. The second-order valence-corrected chi connectivity index (χ2v) is 6.11. The number of methoxy groups -OCH3 is 1. The lowest BCUT2D eigenvalue weighted by molar-refractivity contribution is -0.144. The lowest BCUT2D eigenvalue weighted by Crippen LogP contribution is -2.23. The molecule has 0 aliphatic heterocycles. The van der Waals surface area contributed by atoms with Gasteiger partial charge in [-0.05, 0) is 37.1 Å². The number of nitriles is 1. The van der Waals surface area contributed by atoms with Gasteiger partial charge >= 0.3 is 5.97 Å². The zero-order valence-electron chi connectivity index (χ0n) is 16.4. The van der Waals surface area contributed by atoms with Gasteiger partial charge in [0, 0.05) is 11.3 Å². The summed E-state index contributed by atoms with van der Waals surface area (Å²) in [6.45, 7) is 3.34. The van der Waals surface area contributed by atoms with Gasteiger partial charge in [0.05, 0.1) is 7.11 Å². The van der Waals surface area contributed by atoms with E-state index in [-0.39, 0.29) is 11.3 Å².